The van der Waals surface area contributed by atoms with Gasteiger partial charge in [-0.2, -0.15) is 0 Å². The highest BCUT2D eigenvalue weighted by molar-refractivity contribution is 8.01. The number of carbonyl (C=O) groups excluding carboxylic acids is 1. The summed E-state index contributed by atoms with van der Waals surface area (Å²) < 4.78 is 27.8. The third-order valence-electron chi connectivity index (χ3n) is 4.66. The van der Waals surface area contributed by atoms with Crippen molar-refractivity contribution in [3.05, 3.63) is 36.0 Å². The first-order chi connectivity index (χ1) is 13.9. The maximum atomic E-state index is 13.8. The fourth-order valence-corrected chi connectivity index (χ4v) is 4.84. The largest absolute Gasteiger partial charge is 0.481 e. The molecule has 10 heteroatoms. The van der Waals surface area contributed by atoms with Crippen LogP contribution in [-0.4, -0.2) is 34.4 Å². The van der Waals surface area contributed by atoms with E-state index < -0.39 is 23.6 Å². The van der Waals surface area contributed by atoms with Crippen molar-refractivity contribution in [1.29, 1.82) is 0 Å². The van der Waals surface area contributed by atoms with Crippen LogP contribution in [0.25, 0.3) is 0 Å². The van der Waals surface area contributed by atoms with Gasteiger partial charge in [-0.05, 0) is 30.9 Å². The molecule has 156 valence electrons. The van der Waals surface area contributed by atoms with Gasteiger partial charge in [0, 0.05) is 18.3 Å². The molecule has 3 rings (SSSR count). The summed E-state index contributed by atoms with van der Waals surface area (Å²) in [6.07, 6.45) is 6.82. The number of anilines is 2. The van der Waals surface area contributed by atoms with Crippen LogP contribution in [0, 0.1) is 17.6 Å². The van der Waals surface area contributed by atoms with Crippen molar-refractivity contribution in [1.82, 2.24) is 4.98 Å². The Morgan fingerprint density at radius 2 is 2.00 bits per heavy atom. The molecule has 2 amide bonds. The average Bonchev–Trinajstić information content (AvgIpc) is 3.15. The molecular formula is C19H21F2N3O3S2. The van der Waals surface area contributed by atoms with E-state index in [4.69, 9.17) is 5.11 Å². The lowest BCUT2D eigenvalue weighted by Crippen LogP contribution is -2.39. The molecule has 2 N–H and O–H groups in total. The first-order valence-corrected chi connectivity index (χ1v) is 11.1. The quantitative estimate of drug-likeness (QED) is 0.576. The number of urea groups is 1. The fraction of sp³-hybridized carbons (Fsp3) is 0.421. The Hall–Kier alpha value is -2.20. The number of aliphatic carboxylic acids is 1. The van der Waals surface area contributed by atoms with Gasteiger partial charge in [0.1, 0.15) is 0 Å². The SMILES string of the molecule is O=C(O)CSc1cnc(NC(=O)N(CC2CCCCC2)c2ccc(F)c(F)c2)s1. The Bertz CT molecular complexity index is 872. The van der Waals surface area contributed by atoms with Gasteiger partial charge in [-0.25, -0.2) is 18.6 Å². The minimum Gasteiger partial charge on any atom is -0.481 e. The maximum Gasteiger partial charge on any atom is 0.328 e. The predicted octanol–water partition coefficient (Wildman–Crippen LogP) is 5.22. The number of hydrogen-bond donors (Lipinski definition) is 2. The number of thioether (sulfide) groups is 1. The molecule has 0 aliphatic heterocycles. The van der Waals surface area contributed by atoms with Gasteiger partial charge in [0.15, 0.2) is 16.8 Å². The average molecular weight is 442 g/mol. The molecule has 2 aromatic rings. The molecule has 1 aliphatic carbocycles. The molecule has 0 atom stereocenters. The number of thiazole rings is 1. The summed E-state index contributed by atoms with van der Waals surface area (Å²) in [4.78, 5) is 29.1. The van der Waals surface area contributed by atoms with Crippen molar-refractivity contribution in [2.75, 3.05) is 22.5 Å². The zero-order valence-corrected chi connectivity index (χ0v) is 17.2. The van der Waals surface area contributed by atoms with Gasteiger partial charge < -0.3 is 5.11 Å². The number of amides is 2. The Morgan fingerprint density at radius 3 is 2.69 bits per heavy atom. The molecule has 1 aromatic heterocycles. The number of benzene rings is 1. The predicted molar refractivity (Wildman–Crippen MR) is 110 cm³/mol. The molecule has 0 saturated heterocycles. The number of carboxylic acids is 1. The highest BCUT2D eigenvalue weighted by Gasteiger charge is 2.24. The maximum absolute atomic E-state index is 13.8. The van der Waals surface area contributed by atoms with Crippen LogP contribution in [0.15, 0.2) is 28.6 Å². The van der Waals surface area contributed by atoms with Crippen molar-refractivity contribution in [3.63, 3.8) is 0 Å². The second kappa shape index (κ2) is 10.0. The van der Waals surface area contributed by atoms with Gasteiger partial charge in [-0.1, -0.05) is 30.6 Å². The van der Waals surface area contributed by atoms with Crippen LogP contribution in [0.3, 0.4) is 0 Å². The first kappa shape index (κ1) is 21.5. The van der Waals surface area contributed by atoms with Crippen LogP contribution in [0.1, 0.15) is 32.1 Å². The van der Waals surface area contributed by atoms with Crippen LogP contribution >= 0.6 is 23.1 Å². The van der Waals surface area contributed by atoms with Crippen molar-refractivity contribution in [3.8, 4) is 0 Å². The van der Waals surface area contributed by atoms with Crippen molar-refractivity contribution in [2.45, 2.75) is 36.3 Å². The van der Waals surface area contributed by atoms with Crippen molar-refractivity contribution in [2.24, 2.45) is 5.92 Å². The van der Waals surface area contributed by atoms with Gasteiger partial charge in [0.2, 0.25) is 0 Å². The molecule has 29 heavy (non-hydrogen) atoms. The number of aromatic nitrogens is 1. The summed E-state index contributed by atoms with van der Waals surface area (Å²) in [7, 11) is 0. The molecule has 6 nitrogen and oxygen atoms in total. The second-order valence-electron chi connectivity index (χ2n) is 6.81. The molecule has 0 radical (unpaired) electrons. The van der Waals surface area contributed by atoms with Crippen LogP contribution in [-0.2, 0) is 4.79 Å². The molecule has 0 bridgehead atoms. The first-order valence-electron chi connectivity index (χ1n) is 9.26. The smallest absolute Gasteiger partial charge is 0.328 e. The number of nitrogens with one attached hydrogen (secondary N) is 1. The Labute approximate surface area is 175 Å². The zero-order valence-electron chi connectivity index (χ0n) is 15.6. The van der Waals surface area contributed by atoms with Gasteiger partial charge in [-0.3, -0.25) is 15.0 Å². The topological polar surface area (TPSA) is 82.5 Å². The Kier molecular flexibility index (Phi) is 7.43. The summed E-state index contributed by atoms with van der Waals surface area (Å²) in [5.41, 5.74) is 0.281. The van der Waals surface area contributed by atoms with E-state index >= 15 is 0 Å². The lowest BCUT2D eigenvalue weighted by Gasteiger charge is -2.29. The van der Waals surface area contributed by atoms with Crippen LogP contribution in [0.2, 0.25) is 0 Å². The third-order valence-corrected chi connectivity index (χ3v) is 6.75. The van der Waals surface area contributed by atoms with E-state index in [0.717, 1.165) is 60.9 Å². The standard InChI is InChI=1S/C19H21F2N3O3S2/c20-14-7-6-13(8-15(14)21)24(10-12-4-2-1-3-5-12)19(27)23-18-22-9-17(29-18)28-11-16(25)26/h6-9,12H,1-5,10-11H2,(H,25,26)(H,22,23,27). The van der Waals surface area contributed by atoms with E-state index in [9.17, 15) is 18.4 Å². The summed E-state index contributed by atoms with van der Waals surface area (Å²) in [5.74, 6) is -2.72. The normalized spacial score (nSPS) is 14.6. The van der Waals surface area contributed by atoms with Crippen LogP contribution in [0.4, 0.5) is 24.4 Å². The molecule has 1 aromatic carbocycles. The van der Waals surface area contributed by atoms with E-state index in [-0.39, 0.29) is 11.4 Å². The lowest BCUT2D eigenvalue weighted by molar-refractivity contribution is -0.133. The van der Waals surface area contributed by atoms with E-state index in [1.807, 2.05) is 0 Å². The van der Waals surface area contributed by atoms with Gasteiger partial charge in [0.05, 0.1) is 16.2 Å². The number of rotatable bonds is 7. The van der Waals surface area contributed by atoms with Crippen LogP contribution in [0.5, 0.6) is 0 Å². The summed E-state index contributed by atoms with van der Waals surface area (Å²) >= 11 is 2.28. The van der Waals surface area contributed by atoms with E-state index in [1.165, 1.54) is 23.6 Å². The minimum atomic E-state index is -1.01. The highest BCUT2D eigenvalue weighted by atomic mass is 32.2. The summed E-state index contributed by atoms with van der Waals surface area (Å²) in [6.45, 7) is 0.406. The molecule has 1 fully saturated rings. The van der Waals surface area contributed by atoms with Gasteiger partial charge in [0.25, 0.3) is 0 Å². The minimum absolute atomic E-state index is 0.0990. The zero-order chi connectivity index (χ0) is 20.8. The fourth-order valence-electron chi connectivity index (χ4n) is 3.26. The monoisotopic (exact) mass is 441 g/mol. The Balaban J connectivity index is 1.74. The van der Waals surface area contributed by atoms with Gasteiger partial charge in [-0.15, -0.1) is 11.8 Å². The molecule has 0 spiro atoms. The highest BCUT2D eigenvalue weighted by Crippen LogP contribution is 2.30. The third kappa shape index (κ3) is 6.14. The number of halogens is 2. The number of carboxylic acid groups (broad SMARTS) is 1. The van der Waals surface area contributed by atoms with Crippen LogP contribution < -0.4 is 10.2 Å². The summed E-state index contributed by atoms with van der Waals surface area (Å²) in [6, 6.07) is 2.94. The summed E-state index contributed by atoms with van der Waals surface area (Å²) in [5, 5.41) is 11.8. The number of carbonyl (C=O) groups is 2. The lowest BCUT2D eigenvalue weighted by atomic mass is 9.89. The number of nitrogens with zero attached hydrogens (tertiary/aromatic N) is 2. The molecular weight excluding hydrogens is 420 g/mol. The van der Waals surface area contributed by atoms with Gasteiger partial charge >= 0.3 is 12.0 Å². The van der Waals surface area contributed by atoms with E-state index in [2.05, 4.69) is 10.3 Å². The van der Waals surface area contributed by atoms with Crippen molar-refractivity contribution < 1.29 is 23.5 Å². The van der Waals surface area contributed by atoms with E-state index in [0.29, 0.717) is 21.8 Å². The molecule has 1 saturated carbocycles. The molecule has 1 aliphatic rings. The molecule has 1 heterocycles. The second-order valence-corrected chi connectivity index (χ2v) is 9.12. The van der Waals surface area contributed by atoms with E-state index in [1.54, 1.807) is 0 Å². The molecule has 0 unspecified atom stereocenters. The Morgan fingerprint density at radius 1 is 1.24 bits per heavy atom. The van der Waals surface area contributed by atoms with Crippen molar-refractivity contribution >= 4 is 45.9 Å². The number of hydrogen-bond acceptors (Lipinski definition) is 5.